The number of rotatable bonds is 8. The second-order valence-corrected chi connectivity index (χ2v) is 5.60. The minimum Gasteiger partial charge on any atom is -0.390 e. The van der Waals surface area contributed by atoms with E-state index in [1.165, 1.54) is 29.8 Å². The van der Waals surface area contributed by atoms with Crippen LogP contribution in [-0.4, -0.2) is 49.6 Å². The predicted octanol–water partition coefficient (Wildman–Crippen LogP) is 0.330. The van der Waals surface area contributed by atoms with Crippen molar-refractivity contribution in [1.29, 1.82) is 0 Å². The van der Waals surface area contributed by atoms with Gasteiger partial charge in [-0.05, 0) is 6.07 Å². The lowest BCUT2D eigenvalue weighted by molar-refractivity contribution is 0.182. The SMILES string of the molecule is C=CCN(CCOC)S(=O)(=O)c1c[nH]c(CO)c1. The molecule has 102 valence electrons. The van der Waals surface area contributed by atoms with Crippen molar-refractivity contribution >= 4 is 10.0 Å². The molecule has 0 spiro atoms. The quantitative estimate of drug-likeness (QED) is 0.669. The number of aromatic amines is 1. The van der Waals surface area contributed by atoms with Gasteiger partial charge in [0.15, 0.2) is 0 Å². The van der Waals surface area contributed by atoms with Crippen molar-refractivity contribution in [1.82, 2.24) is 9.29 Å². The van der Waals surface area contributed by atoms with Gasteiger partial charge < -0.3 is 14.8 Å². The molecule has 6 nitrogen and oxygen atoms in total. The third-order valence-corrected chi connectivity index (χ3v) is 4.24. The highest BCUT2D eigenvalue weighted by atomic mass is 32.2. The number of aliphatic hydroxyl groups is 1. The van der Waals surface area contributed by atoms with Crippen molar-refractivity contribution in [2.45, 2.75) is 11.5 Å². The maximum Gasteiger partial charge on any atom is 0.244 e. The lowest BCUT2D eigenvalue weighted by Crippen LogP contribution is -2.33. The zero-order chi connectivity index (χ0) is 13.6. The molecule has 1 aromatic rings. The molecule has 0 atom stereocenters. The molecule has 1 aromatic heterocycles. The Balaban J connectivity index is 2.96. The minimum atomic E-state index is -3.58. The third-order valence-electron chi connectivity index (χ3n) is 2.40. The molecule has 0 aliphatic rings. The minimum absolute atomic E-state index is 0.129. The highest BCUT2D eigenvalue weighted by Gasteiger charge is 2.24. The molecule has 1 rings (SSSR count). The molecule has 0 amide bonds. The van der Waals surface area contributed by atoms with Crippen LogP contribution < -0.4 is 0 Å². The number of aliphatic hydroxyl groups excluding tert-OH is 1. The van der Waals surface area contributed by atoms with Gasteiger partial charge in [0.2, 0.25) is 10.0 Å². The summed E-state index contributed by atoms with van der Waals surface area (Å²) in [6.07, 6.45) is 2.89. The first-order chi connectivity index (χ1) is 8.56. The molecular weight excluding hydrogens is 256 g/mol. The van der Waals surface area contributed by atoms with E-state index in [-0.39, 0.29) is 24.6 Å². The van der Waals surface area contributed by atoms with Gasteiger partial charge in [-0.1, -0.05) is 6.08 Å². The van der Waals surface area contributed by atoms with Crippen LogP contribution in [0.4, 0.5) is 0 Å². The molecular formula is C11H18N2O4S. The van der Waals surface area contributed by atoms with Gasteiger partial charge in [0.1, 0.15) is 0 Å². The van der Waals surface area contributed by atoms with Gasteiger partial charge in [0.25, 0.3) is 0 Å². The van der Waals surface area contributed by atoms with Crippen molar-refractivity contribution in [3.63, 3.8) is 0 Å². The first kappa shape index (κ1) is 14.9. The molecule has 0 saturated heterocycles. The van der Waals surface area contributed by atoms with Crippen LogP contribution in [0.3, 0.4) is 0 Å². The first-order valence-electron chi connectivity index (χ1n) is 5.44. The lowest BCUT2D eigenvalue weighted by atomic mass is 10.5. The van der Waals surface area contributed by atoms with E-state index < -0.39 is 10.0 Å². The largest absolute Gasteiger partial charge is 0.390 e. The summed E-state index contributed by atoms with van der Waals surface area (Å²) < 4.78 is 30.7. The molecule has 0 saturated carbocycles. The Morgan fingerprint density at radius 1 is 1.61 bits per heavy atom. The Kier molecular flexibility index (Phi) is 5.54. The molecule has 0 fully saturated rings. The van der Waals surface area contributed by atoms with Crippen LogP contribution in [0.5, 0.6) is 0 Å². The summed E-state index contributed by atoms with van der Waals surface area (Å²) in [7, 11) is -2.07. The molecule has 0 radical (unpaired) electrons. The Morgan fingerprint density at radius 2 is 2.33 bits per heavy atom. The molecule has 0 unspecified atom stereocenters. The number of hydrogen-bond donors (Lipinski definition) is 2. The number of aromatic nitrogens is 1. The molecule has 0 aliphatic carbocycles. The third kappa shape index (κ3) is 3.42. The predicted molar refractivity (Wildman–Crippen MR) is 67.5 cm³/mol. The number of nitrogens with one attached hydrogen (secondary N) is 1. The fraction of sp³-hybridized carbons (Fsp3) is 0.455. The Labute approximate surface area is 107 Å². The number of hydrogen-bond acceptors (Lipinski definition) is 4. The van der Waals surface area contributed by atoms with E-state index in [1.807, 2.05) is 0 Å². The number of sulfonamides is 1. The van der Waals surface area contributed by atoms with Crippen LogP contribution in [0.25, 0.3) is 0 Å². The van der Waals surface area contributed by atoms with Crippen molar-refractivity contribution in [3.8, 4) is 0 Å². The van der Waals surface area contributed by atoms with E-state index in [0.717, 1.165) is 0 Å². The van der Waals surface area contributed by atoms with Crippen LogP contribution in [0.15, 0.2) is 29.8 Å². The molecule has 18 heavy (non-hydrogen) atoms. The van der Waals surface area contributed by atoms with Crippen LogP contribution >= 0.6 is 0 Å². The van der Waals surface area contributed by atoms with Crippen molar-refractivity contribution in [3.05, 3.63) is 30.6 Å². The molecule has 0 aromatic carbocycles. The van der Waals surface area contributed by atoms with E-state index in [2.05, 4.69) is 11.6 Å². The van der Waals surface area contributed by atoms with Gasteiger partial charge >= 0.3 is 0 Å². The molecule has 2 N–H and O–H groups in total. The van der Waals surface area contributed by atoms with Gasteiger partial charge in [-0.15, -0.1) is 6.58 Å². The van der Waals surface area contributed by atoms with Gasteiger partial charge in [-0.2, -0.15) is 4.31 Å². The number of methoxy groups -OCH3 is 1. The number of ether oxygens (including phenoxy) is 1. The normalized spacial score (nSPS) is 11.9. The van der Waals surface area contributed by atoms with Gasteiger partial charge in [-0.25, -0.2) is 8.42 Å². The summed E-state index contributed by atoms with van der Waals surface area (Å²) >= 11 is 0. The van der Waals surface area contributed by atoms with E-state index in [0.29, 0.717) is 12.3 Å². The molecule has 0 aliphatic heterocycles. The summed E-state index contributed by atoms with van der Waals surface area (Å²) in [4.78, 5) is 2.83. The Hall–Kier alpha value is -1.15. The topological polar surface area (TPSA) is 82.6 Å². The van der Waals surface area contributed by atoms with Gasteiger partial charge in [0, 0.05) is 32.1 Å². The van der Waals surface area contributed by atoms with Crippen molar-refractivity contribution < 1.29 is 18.3 Å². The lowest BCUT2D eigenvalue weighted by Gasteiger charge is -2.19. The van der Waals surface area contributed by atoms with Gasteiger partial charge in [0.05, 0.1) is 18.1 Å². The summed E-state index contributed by atoms with van der Waals surface area (Å²) in [5.74, 6) is 0. The van der Waals surface area contributed by atoms with Gasteiger partial charge in [-0.3, -0.25) is 0 Å². The summed E-state index contributed by atoms with van der Waals surface area (Å²) in [5.41, 5.74) is 0.457. The summed E-state index contributed by atoms with van der Waals surface area (Å²) in [5, 5.41) is 8.92. The second kappa shape index (κ2) is 6.69. The summed E-state index contributed by atoms with van der Waals surface area (Å²) in [6.45, 7) is 4.09. The first-order valence-corrected chi connectivity index (χ1v) is 6.88. The standard InChI is InChI=1S/C11H18N2O4S/c1-3-4-13(5-6-17-2)18(15,16)11-7-10(9-14)12-8-11/h3,7-8,12,14H,1,4-6,9H2,2H3. The second-order valence-electron chi connectivity index (χ2n) is 3.66. The van der Waals surface area contributed by atoms with Crippen molar-refractivity contribution in [2.24, 2.45) is 0 Å². The average molecular weight is 274 g/mol. The zero-order valence-corrected chi connectivity index (χ0v) is 11.1. The zero-order valence-electron chi connectivity index (χ0n) is 10.3. The van der Waals surface area contributed by atoms with E-state index in [1.54, 1.807) is 0 Å². The molecule has 1 heterocycles. The fourth-order valence-corrected chi connectivity index (χ4v) is 2.87. The smallest absolute Gasteiger partial charge is 0.244 e. The maximum atomic E-state index is 12.3. The number of nitrogens with zero attached hydrogens (tertiary/aromatic N) is 1. The molecule has 0 bridgehead atoms. The van der Waals surface area contributed by atoms with E-state index >= 15 is 0 Å². The summed E-state index contributed by atoms with van der Waals surface area (Å²) in [6, 6.07) is 1.41. The monoisotopic (exact) mass is 274 g/mol. The van der Waals surface area contributed by atoms with E-state index in [9.17, 15) is 8.42 Å². The van der Waals surface area contributed by atoms with Crippen LogP contribution in [0, 0.1) is 0 Å². The van der Waals surface area contributed by atoms with E-state index in [4.69, 9.17) is 9.84 Å². The Morgan fingerprint density at radius 3 is 2.83 bits per heavy atom. The average Bonchev–Trinajstić information content (AvgIpc) is 2.83. The van der Waals surface area contributed by atoms with Crippen LogP contribution in [0.1, 0.15) is 5.69 Å². The fourth-order valence-electron chi connectivity index (χ4n) is 1.45. The highest BCUT2D eigenvalue weighted by Crippen LogP contribution is 2.16. The number of H-pyrrole nitrogens is 1. The highest BCUT2D eigenvalue weighted by molar-refractivity contribution is 7.89. The van der Waals surface area contributed by atoms with Crippen LogP contribution in [0.2, 0.25) is 0 Å². The maximum absolute atomic E-state index is 12.3. The van der Waals surface area contributed by atoms with Crippen LogP contribution in [-0.2, 0) is 21.4 Å². The Bertz CT molecular complexity index is 481. The molecule has 7 heteroatoms. The van der Waals surface area contributed by atoms with Crippen molar-refractivity contribution in [2.75, 3.05) is 26.8 Å².